The molecule has 188 valence electrons. The van der Waals surface area contributed by atoms with Crippen molar-refractivity contribution in [3.63, 3.8) is 0 Å². The van der Waals surface area contributed by atoms with Crippen LogP contribution in [-0.2, 0) is 16.0 Å². The predicted octanol–water partition coefficient (Wildman–Crippen LogP) is 2.92. The average Bonchev–Trinajstić information content (AvgIpc) is 2.93. The number of piperazine rings is 1. The summed E-state index contributed by atoms with van der Waals surface area (Å²) in [6.45, 7) is 4.06. The van der Waals surface area contributed by atoms with E-state index in [2.05, 4.69) is 40.5 Å². The molecule has 2 N–H and O–H groups in total. The molecule has 10 nitrogen and oxygen atoms in total. The first-order valence-corrected chi connectivity index (χ1v) is 12.1. The molecule has 1 aliphatic rings. The lowest BCUT2D eigenvalue weighted by Gasteiger charge is -2.36. The Labute approximate surface area is 215 Å². The van der Waals surface area contributed by atoms with Crippen LogP contribution in [0.3, 0.4) is 0 Å². The van der Waals surface area contributed by atoms with Crippen molar-refractivity contribution in [1.82, 2.24) is 30.2 Å². The van der Waals surface area contributed by atoms with Crippen LogP contribution in [0.15, 0.2) is 67.0 Å². The van der Waals surface area contributed by atoms with E-state index >= 15 is 0 Å². The molecule has 1 fully saturated rings. The molecular formula is C27H28N8O2. The minimum atomic E-state index is -0.334. The van der Waals surface area contributed by atoms with Gasteiger partial charge in [0, 0.05) is 49.8 Å². The molecular weight excluding hydrogens is 468 g/mol. The molecule has 3 aromatic heterocycles. The highest BCUT2D eigenvalue weighted by Gasteiger charge is 2.29. The number of benzene rings is 1. The van der Waals surface area contributed by atoms with E-state index in [1.165, 1.54) is 7.11 Å². The van der Waals surface area contributed by atoms with Crippen LogP contribution in [0.25, 0.3) is 11.5 Å². The molecule has 10 heteroatoms. The fraction of sp³-hybridized carbons (Fsp3) is 0.259. The molecule has 0 aliphatic carbocycles. The van der Waals surface area contributed by atoms with E-state index in [1.54, 1.807) is 24.5 Å². The van der Waals surface area contributed by atoms with E-state index in [4.69, 9.17) is 4.74 Å². The van der Waals surface area contributed by atoms with Gasteiger partial charge in [-0.1, -0.05) is 18.2 Å². The van der Waals surface area contributed by atoms with Gasteiger partial charge >= 0.3 is 5.97 Å². The van der Waals surface area contributed by atoms with E-state index in [0.29, 0.717) is 41.9 Å². The van der Waals surface area contributed by atoms with Crippen molar-refractivity contribution in [3.8, 4) is 11.5 Å². The summed E-state index contributed by atoms with van der Waals surface area (Å²) in [6.07, 6.45) is 3.99. The number of esters is 1. The van der Waals surface area contributed by atoms with E-state index < -0.39 is 0 Å². The Morgan fingerprint density at radius 3 is 2.59 bits per heavy atom. The summed E-state index contributed by atoms with van der Waals surface area (Å²) in [5, 5.41) is 6.50. The maximum absolute atomic E-state index is 12.2. The molecule has 4 heterocycles. The number of hydrogen-bond donors (Lipinski definition) is 2. The van der Waals surface area contributed by atoms with Gasteiger partial charge in [0.05, 0.1) is 7.11 Å². The highest BCUT2D eigenvalue weighted by atomic mass is 16.5. The molecule has 4 aromatic rings. The minimum Gasteiger partial charge on any atom is -0.467 e. The Bertz CT molecular complexity index is 1380. The third kappa shape index (κ3) is 5.87. The fourth-order valence-corrected chi connectivity index (χ4v) is 4.25. The second kappa shape index (κ2) is 11.1. The van der Waals surface area contributed by atoms with Gasteiger partial charge in [-0.3, -0.25) is 0 Å². The third-order valence-corrected chi connectivity index (χ3v) is 6.08. The van der Waals surface area contributed by atoms with Crippen LogP contribution >= 0.6 is 0 Å². The maximum Gasteiger partial charge on any atom is 0.329 e. The monoisotopic (exact) mass is 496 g/mol. The number of pyridine rings is 1. The van der Waals surface area contributed by atoms with Crippen molar-refractivity contribution in [2.24, 2.45) is 0 Å². The second-order valence-corrected chi connectivity index (χ2v) is 8.69. The fourth-order valence-electron chi connectivity index (χ4n) is 4.25. The Morgan fingerprint density at radius 1 is 1.03 bits per heavy atom. The summed E-state index contributed by atoms with van der Waals surface area (Å²) in [7, 11) is 1.42. The van der Waals surface area contributed by atoms with Crippen LogP contribution in [0.1, 0.15) is 17.1 Å². The van der Waals surface area contributed by atoms with Gasteiger partial charge in [-0.25, -0.2) is 29.7 Å². The number of aromatic nitrogens is 5. The number of nitrogens with zero attached hydrogens (tertiary/aromatic N) is 6. The lowest BCUT2D eigenvalue weighted by molar-refractivity contribution is -0.142. The van der Waals surface area contributed by atoms with Crippen LogP contribution in [-0.4, -0.2) is 63.7 Å². The molecule has 1 saturated heterocycles. The van der Waals surface area contributed by atoms with Gasteiger partial charge in [0.2, 0.25) is 0 Å². The van der Waals surface area contributed by atoms with Crippen LogP contribution < -0.4 is 15.5 Å². The molecule has 1 aliphatic heterocycles. The van der Waals surface area contributed by atoms with Crippen LogP contribution in [0.5, 0.6) is 0 Å². The van der Waals surface area contributed by atoms with Crippen molar-refractivity contribution in [2.45, 2.75) is 19.4 Å². The highest BCUT2D eigenvalue weighted by Crippen LogP contribution is 2.21. The smallest absolute Gasteiger partial charge is 0.329 e. The summed E-state index contributed by atoms with van der Waals surface area (Å²) >= 11 is 0. The second-order valence-electron chi connectivity index (χ2n) is 8.69. The Hall–Kier alpha value is -4.44. The third-order valence-electron chi connectivity index (χ3n) is 6.08. The first kappa shape index (κ1) is 24.3. The number of ether oxygens (including phenoxy) is 1. The standard InChI is InChI=1S/C27H28N8O2/c1-18-4-3-5-21(31-18)26-30-13-11-24(34-26)32-23-10-12-29-25(33-23)16-19-6-8-20(9-7-19)35-15-14-28-17-22(35)27(36)37-2/h3-13,22,28H,14-17H2,1-2H3,(H,29,30,32,33,34). The number of carbonyl (C=O) groups excluding carboxylic acids is 1. The van der Waals surface area contributed by atoms with Gasteiger partial charge in [0.25, 0.3) is 0 Å². The van der Waals surface area contributed by atoms with Crippen LogP contribution in [0, 0.1) is 6.92 Å². The maximum atomic E-state index is 12.2. The average molecular weight is 497 g/mol. The molecule has 1 aromatic carbocycles. The molecule has 0 bridgehead atoms. The summed E-state index contributed by atoms with van der Waals surface area (Å²) < 4.78 is 4.98. The minimum absolute atomic E-state index is 0.236. The summed E-state index contributed by atoms with van der Waals surface area (Å²) in [6, 6.07) is 17.2. The van der Waals surface area contributed by atoms with Crippen molar-refractivity contribution in [1.29, 1.82) is 0 Å². The topological polar surface area (TPSA) is 118 Å². The molecule has 37 heavy (non-hydrogen) atoms. The SMILES string of the molecule is COC(=O)C1CNCCN1c1ccc(Cc2nccc(Nc3ccnc(-c4cccc(C)n4)n3)n2)cc1. The molecule has 1 atom stereocenters. The van der Waals surface area contributed by atoms with Gasteiger partial charge in [0.15, 0.2) is 5.82 Å². The predicted molar refractivity (Wildman–Crippen MR) is 141 cm³/mol. The molecule has 0 radical (unpaired) electrons. The molecule has 0 saturated carbocycles. The van der Waals surface area contributed by atoms with Gasteiger partial charge in [0.1, 0.15) is 29.2 Å². The Balaban J connectivity index is 1.27. The van der Waals surface area contributed by atoms with Gasteiger partial charge < -0.3 is 20.3 Å². The zero-order valence-corrected chi connectivity index (χ0v) is 20.8. The Morgan fingerprint density at radius 2 is 1.81 bits per heavy atom. The first-order chi connectivity index (χ1) is 18.1. The van der Waals surface area contributed by atoms with Crippen LogP contribution in [0.4, 0.5) is 17.3 Å². The Kier molecular flexibility index (Phi) is 7.27. The molecule has 1 unspecified atom stereocenters. The number of carbonyl (C=O) groups is 1. The highest BCUT2D eigenvalue weighted by molar-refractivity contribution is 5.80. The lowest BCUT2D eigenvalue weighted by atomic mass is 10.1. The van der Waals surface area contributed by atoms with E-state index in [1.807, 2.05) is 49.4 Å². The molecule has 0 spiro atoms. The zero-order chi connectivity index (χ0) is 25.6. The number of hydrogen-bond acceptors (Lipinski definition) is 10. The first-order valence-electron chi connectivity index (χ1n) is 12.1. The number of aryl methyl sites for hydroxylation is 1. The van der Waals surface area contributed by atoms with Crippen molar-refractivity contribution in [2.75, 3.05) is 37.0 Å². The zero-order valence-electron chi connectivity index (χ0n) is 20.8. The van der Waals surface area contributed by atoms with Crippen molar-refractivity contribution >= 4 is 23.3 Å². The molecule has 5 rings (SSSR count). The van der Waals surface area contributed by atoms with E-state index in [0.717, 1.165) is 30.0 Å². The van der Waals surface area contributed by atoms with Gasteiger partial charge in [-0.2, -0.15) is 0 Å². The lowest BCUT2D eigenvalue weighted by Crippen LogP contribution is -2.55. The van der Waals surface area contributed by atoms with Crippen LogP contribution in [0.2, 0.25) is 0 Å². The normalized spacial score (nSPS) is 15.3. The van der Waals surface area contributed by atoms with E-state index in [9.17, 15) is 4.79 Å². The van der Waals surface area contributed by atoms with Crippen molar-refractivity contribution in [3.05, 3.63) is 84.1 Å². The molecule has 0 amide bonds. The number of anilines is 3. The van der Waals surface area contributed by atoms with E-state index in [-0.39, 0.29) is 12.0 Å². The largest absolute Gasteiger partial charge is 0.467 e. The number of nitrogens with one attached hydrogen (secondary N) is 2. The number of methoxy groups -OCH3 is 1. The summed E-state index contributed by atoms with van der Waals surface area (Å²) in [5.41, 5.74) is 3.68. The van der Waals surface area contributed by atoms with Gasteiger partial charge in [-0.05, 0) is 48.9 Å². The number of rotatable bonds is 7. The summed E-state index contributed by atoms with van der Waals surface area (Å²) in [4.78, 5) is 36.8. The quantitative estimate of drug-likeness (QED) is 0.370. The van der Waals surface area contributed by atoms with Gasteiger partial charge in [-0.15, -0.1) is 0 Å². The summed E-state index contributed by atoms with van der Waals surface area (Å²) in [5.74, 6) is 2.26. The van der Waals surface area contributed by atoms with Crippen molar-refractivity contribution < 1.29 is 9.53 Å².